The van der Waals surface area contributed by atoms with Crippen molar-refractivity contribution in [3.8, 4) is 5.69 Å². The van der Waals surface area contributed by atoms with E-state index in [0.717, 1.165) is 16.6 Å². The Bertz CT molecular complexity index is 1440. The van der Waals surface area contributed by atoms with Crippen molar-refractivity contribution >= 4 is 40.3 Å². The Kier molecular flexibility index (Phi) is 6.68. The van der Waals surface area contributed by atoms with Crippen LogP contribution in [0.3, 0.4) is 0 Å². The minimum Gasteiger partial charge on any atom is -0.378 e. The van der Waals surface area contributed by atoms with Crippen LogP contribution in [0.2, 0.25) is 0 Å². The molecule has 8 nitrogen and oxygen atoms in total. The molecule has 4 aromatic rings. The average Bonchev–Trinajstić information content (AvgIpc) is 3.46. The molecular weight excluding hydrogens is 456 g/mol. The number of pyridine rings is 1. The Morgan fingerprint density at radius 3 is 2.39 bits per heavy atom. The molecule has 180 valence electrons. The van der Waals surface area contributed by atoms with Gasteiger partial charge in [0, 0.05) is 42.1 Å². The van der Waals surface area contributed by atoms with Crippen LogP contribution in [0.1, 0.15) is 16.1 Å². The molecule has 0 bridgehead atoms. The molecule has 1 saturated heterocycles. The van der Waals surface area contributed by atoms with Gasteiger partial charge in [-0.15, -0.1) is 0 Å². The van der Waals surface area contributed by atoms with Crippen LogP contribution in [-0.4, -0.2) is 58.4 Å². The maximum atomic E-state index is 12.8. The van der Waals surface area contributed by atoms with E-state index in [2.05, 4.69) is 10.3 Å². The van der Waals surface area contributed by atoms with Gasteiger partial charge in [-0.3, -0.25) is 14.4 Å². The number of ether oxygens (including phenoxy) is 1. The molecule has 0 saturated carbocycles. The Morgan fingerprint density at radius 1 is 0.917 bits per heavy atom. The van der Waals surface area contributed by atoms with Crippen LogP contribution >= 0.6 is 0 Å². The normalized spacial score (nSPS) is 13.7. The summed E-state index contributed by atoms with van der Waals surface area (Å²) in [5, 5.41) is 3.60. The molecule has 5 rings (SSSR count). The zero-order chi connectivity index (χ0) is 24.9. The van der Waals surface area contributed by atoms with Crippen LogP contribution in [0.15, 0.2) is 85.2 Å². The number of nitrogens with one attached hydrogen (secondary N) is 1. The van der Waals surface area contributed by atoms with Gasteiger partial charge in [0.05, 0.1) is 30.1 Å². The molecule has 3 heterocycles. The SMILES string of the molecule is O=C(Nc1ccc(C(=O)/C=C/c2cc(-n3cccc3)c3ccccc3n2)cc1)C(=O)N1CCOCC1. The number of carbonyl (C=O) groups excluding carboxylic acids is 3. The van der Waals surface area contributed by atoms with Crippen LogP contribution in [0.25, 0.3) is 22.7 Å². The maximum Gasteiger partial charge on any atom is 0.313 e. The number of rotatable bonds is 5. The second-order valence-electron chi connectivity index (χ2n) is 8.31. The van der Waals surface area contributed by atoms with Gasteiger partial charge in [-0.05, 0) is 60.7 Å². The molecule has 1 fully saturated rings. The van der Waals surface area contributed by atoms with E-state index in [4.69, 9.17) is 4.74 Å². The number of allylic oxidation sites excluding steroid dienone is 1. The van der Waals surface area contributed by atoms with Crippen LogP contribution < -0.4 is 5.32 Å². The zero-order valence-corrected chi connectivity index (χ0v) is 19.5. The molecule has 1 aliphatic rings. The highest BCUT2D eigenvalue weighted by molar-refractivity contribution is 6.39. The molecule has 0 aliphatic carbocycles. The van der Waals surface area contributed by atoms with Crippen LogP contribution in [-0.2, 0) is 14.3 Å². The van der Waals surface area contributed by atoms with Gasteiger partial charge in [-0.2, -0.15) is 0 Å². The highest BCUT2D eigenvalue weighted by Gasteiger charge is 2.23. The van der Waals surface area contributed by atoms with E-state index in [1.54, 1.807) is 30.3 Å². The highest BCUT2D eigenvalue weighted by Crippen LogP contribution is 2.23. The standard InChI is InChI=1S/C28H24N4O4/c33-26(20-7-9-21(10-8-20)30-27(34)28(35)32-15-17-36-18-16-32)12-11-22-19-25(31-13-3-4-14-31)23-5-1-2-6-24(23)29-22/h1-14,19H,15-18H2,(H,30,34)/b12-11+. The lowest BCUT2D eigenvalue weighted by Gasteiger charge is -2.26. The van der Waals surface area contributed by atoms with E-state index in [0.29, 0.717) is 43.2 Å². The highest BCUT2D eigenvalue weighted by atomic mass is 16.5. The van der Waals surface area contributed by atoms with Gasteiger partial charge < -0.3 is 19.5 Å². The van der Waals surface area contributed by atoms with Crippen molar-refractivity contribution in [2.24, 2.45) is 0 Å². The molecular formula is C28H24N4O4. The van der Waals surface area contributed by atoms with E-state index >= 15 is 0 Å². The van der Waals surface area contributed by atoms with Gasteiger partial charge in [0.2, 0.25) is 0 Å². The lowest BCUT2D eigenvalue weighted by Crippen LogP contribution is -2.45. The number of amides is 2. The predicted octanol–water partition coefficient (Wildman–Crippen LogP) is 3.72. The quantitative estimate of drug-likeness (QED) is 0.267. The predicted molar refractivity (Wildman–Crippen MR) is 137 cm³/mol. The molecule has 1 aliphatic heterocycles. The maximum absolute atomic E-state index is 12.8. The topological polar surface area (TPSA) is 93.5 Å². The third kappa shape index (κ3) is 5.08. The molecule has 8 heteroatoms. The van der Waals surface area contributed by atoms with Crippen molar-refractivity contribution in [1.29, 1.82) is 0 Å². The smallest absolute Gasteiger partial charge is 0.313 e. The second-order valence-corrected chi connectivity index (χ2v) is 8.31. The monoisotopic (exact) mass is 480 g/mol. The summed E-state index contributed by atoms with van der Waals surface area (Å²) in [5.41, 5.74) is 3.37. The molecule has 0 atom stereocenters. The fourth-order valence-electron chi connectivity index (χ4n) is 4.04. The number of hydrogen-bond acceptors (Lipinski definition) is 5. The molecule has 0 radical (unpaired) electrons. The fourth-order valence-corrected chi connectivity index (χ4v) is 4.04. The number of aromatic nitrogens is 2. The Balaban J connectivity index is 1.28. The number of anilines is 1. The number of hydrogen-bond donors (Lipinski definition) is 1. The van der Waals surface area contributed by atoms with Gasteiger partial charge >= 0.3 is 11.8 Å². The first-order valence-electron chi connectivity index (χ1n) is 11.6. The first kappa shape index (κ1) is 23.2. The van der Waals surface area contributed by atoms with Crippen molar-refractivity contribution in [3.05, 3.63) is 96.5 Å². The number of nitrogens with zero attached hydrogens (tertiary/aromatic N) is 3. The summed E-state index contributed by atoms with van der Waals surface area (Å²) in [6, 6.07) is 20.1. The van der Waals surface area contributed by atoms with Gasteiger partial charge in [0.1, 0.15) is 0 Å². The number of fused-ring (bicyclic) bond motifs is 1. The molecule has 2 aromatic heterocycles. The Labute approximate surface area is 207 Å². The van der Waals surface area contributed by atoms with Gasteiger partial charge in [-0.25, -0.2) is 4.98 Å². The molecule has 0 unspecified atom stereocenters. The molecule has 1 N–H and O–H groups in total. The summed E-state index contributed by atoms with van der Waals surface area (Å²) in [4.78, 5) is 43.4. The average molecular weight is 481 g/mol. The van der Waals surface area contributed by atoms with Crippen molar-refractivity contribution in [1.82, 2.24) is 14.5 Å². The summed E-state index contributed by atoms with van der Waals surface area (Å²) >= 11 is 0. The van der Waals surface area contributed by atoms with Gasteiger partial charge in [0.15, 0.2) is 5.78 Å². The third-order valence-corrected chi connectivity index (χ3v) is 5.92. The minimum absolute atomic E-state index is 0.199. The molecule has 0 spiro atoms. The van der Waals surface area contributed by atoms with Gasteiger partial charge in [-0.1, -0.05) is 18.2 Å². The van der Waals surface area contributed by atoms with E-state index in [-0.39, 0.29) is 5.78 Å². The van der Waals surface area contributed by atoms with Crippen LogP contribution in [0, 0.1) is 0 Å². The number of morpholine rings is 1. The summed E-state index contributed by atoms with van der Waals surface area (Å²) in [6.07, 6.45) is 7.11. The number of para-hydroxylation sites is 1. The zero-order valence-electron chi connectivity index (χ0n) is 19.5. The summed E-state index contributed by atoms with van der Waals surface area (Å²) in [5.74, 6) is -1.50. The van der Waals surface area contributed by atoms with Gasteiger partial charge in [0.25, 0.3) is 0 Å². The van der Waals surface area contributed by atoms with Crippen molar-refractivity contribution < 1.29 is 19.1 Å². The van der Waals surface area contributed by atoms with E-state index in [1.165, 1.54) is 11.0 Å². The van der Waals surface area contributed by atoms with Crippen LogP contribution in [0.4, 0.5) is 5.69 Å². The van der Waals surface area contributed by atoms with Crippen LogP contribution in [0.5, 0.6) is 0 Å². The summed E-state index contributed by atoms with van der Waals surface area (Å²) < 4.78 is 7.22. The van der Waals surface area contributed by atoms with Crippen molar-refractivity contribution in [2.75, 3.05) is 31.6 Å². The lowest BCUT2D eigenvalue weighted by atomic mass is 10.1. The third-order valence-electron chi connectivity index (χ3n) is 5.92. The largest absolute Gasteiger partial charge is 0.378 e. The fraction of sp³-hybridized carbons (Fsp3) is 0.143. The molecule has 2 amide bonds. The van der Waals surface area contributed by atoms with Crippen molar-refractivity contribution in [2.45, 2.75) is 0 Å². The molecule has 2 aromatic carbocycles. The number of ketones is 1. The van der Waals surface area contributed by atoms with E-state index < -0.39 is 11.8 Å². The number of benzene rings is 2. The Morgan fingerprint density at radius 2 is 1.64 bits per heavy atom. The molecule has 36 heavy (non-hydrogen) atoms. The van der Waals surface area contributed by atoms with Crippen molar-refractivity contribution in [3.63, 3.8) is 0 Å². The number of carbonyl (C=O) groups is 3. The Hall–Kier alpha value is -4.56. The van der Waals surface area contributed by atoms with E-state index in [1.807, 2.05) is 59.4 Å². The summed E-state index contributed by atoms with van der Waals surface area (Å²) in [6.45, 7) is 1.63. The summed E-state index contributed by atoms with van der Waals surface area (Å²) in [7, 11) is 0. The minimum atomic E-state index is -0.711. The lowest BCUT2D eigenvalue weighted by molar-refractivity contribution is -0.145. The first-order chi connectivity index (χ1) is 17.6. The van der Waals surface area contributed by atoms with E-state index in [9.17, 15) is 14.4 Å². The first-order valence-corrected chi connectivity index (χ1v) is 11.6. The second kappa shape index (κ2) is 10.4.